The van der Waals surface area contributed by atoms with Crippen LogP contribution in [0.1, 0.15) is 5.56 Å². The van der Waals surface area contributed by atoms with Crippen LogP contribution in [0, 0.1) is 5.82 Å². The SMILES string of the molecule is CN1CCOC(C(Cc2cc(F)cc(Br)c2)NN)C1. The second-order valence-electron chi connectivity index (χ2n) is 4.93. The number of halogens is 2. The van der Waals surface area contributed by atoms with Crippen molar-refractivity contribution in [2.75, 3.05) is 26.7 Å². The topological polar surface area (TPSA) is 50.5 Å². The first kappa shape index (κ1) is 14.9. The molecule has 106 valence electrons. The molecule has 2 atom stereocenters. The minimum absolute atomic E-state index is 0.0193. The van der Waals surface area contributed by atoms with Crippen LogP contribution in [0.4, 0.5) is 4.39 Å². The zero-order valence-corrected chi connectivity index (χ0v) is 12.5. The Bertz CT molecular complexity index is 412. The zero-order chi connectivity index (χ0) is 13.8. The molecule has 1 fully saturated rings. The lowest BCUT2D eigenvalue weighted by atomic mass is 10.0. The maximum Gasteiger partial charge on any atom is 0.124 e. The molecule has 3 N–H and O–H groups in total. The Morgan fingerprint density at radius 2 is 2.37 bits per heavy atom. The Morgan fingerprint density at radius 1 is 1.58 bits per heavy atom. The number of nitrogens with two attached hydrogens (primary N) is 1. The molecule has 1 aromatic rings. The van der Waals surface area contributed by atoms with Crippen molar-refractivity contribution in [1.29, 1.82) is 0 Å². The van der Waals surface area contributed by atoms with Crippen LogP contribution in [-0.2, 0) is 11.2 Å². The number of benzene rings is 1. The van der Waals surface area contributed by atoms with Crippen molar-refractivity contribution in [2.45, 2.75) is 18.6 Å². The van der Waals surface area contributed by atoms with Crippen LogP contribution in [0.2, 0.25) is 0 Å². The number of ether oxygens (including phenoxy) is 1. The summed E-state index contributed by atoms with van der Waals surface area (Å²) >= 11 is 3.30. The van der Waals surface area contributed by atoms with Crippen LogP contribution in [0.25, 0.3) is 0 Å². The van der Waals surface area contributed by atoms with Gasteiger partial charge in [-0.05, 0) is 37.2 Å². The third kappa shape index (κ3) is 4.22. The molecule has 1 saturated heterocycles. The maximum atomic E-state index is 13.4. The fourth-order valence-corrected chi connectivity index (χ4v) is 2.85. The van der Waals surface area contributed by atoms with Crippen LogP contribution in [0.3, 0.4) is 0 Å². The number of morpholine rings is 1. The van der Waals surface area contributed by atoms with Gasteiger partial charge in [-0.15, -0.1) is 0 Å². The Balaban J connectivity index is 2.05. The molecule has 2 rings (SSSR count). The second kappa shape index (κ2) is 6.76. The lowest BCUT2D eigenvalue weighted by Crippen LogP contribution is -2.54. The van der Waals surface area contributed by atoms with E-state index in [4.69, 9.17) is 10.6 Å². The highest BCUT2D eigenvalue weighted by Crippen LogP contribution is 2.18. The third-order valence-electron chi connectivity index (χ3n) is 3.34. The Kier molecular flexibility index (Phi) is 5.29. The first-order valence-corrected chi connectivity index (χ1v) is 7.09. The van der Waals surface area contributed by atoms with Gasteiger partial charge in [-0.3, -0.25) is 11.3 Å². The van der Waals surface area contributed by atoms with Crippen LogP contribution in [-0.4, -0.2) is 43.8 Å². The van der Waals surface area contributed by atoms with Crippen molar-refractivity contribution >= 4 is 15.9 Å². The van der Waals surface area contributed by atoms with Gasteiger partial charge in [0, 0.05) is 17.6 Å². The number of hydrogen-bond acceptors (Lipinski definition) is 4. The Morgan fingerprint density at radius 3 is 3.00 bits per heavy atom. The molecule has 4 nitrogen and oxygen atoms in total. The van der Waals surface area contributed by atoms with E-state index in [1.54, 1.807) is 0 Å². The van der Waals surface area contributed by atoms with Gasteiger partial charge in [-0.1, -0.05) is 15.9 Å². The molecule has 0 radical (unpaired) electrons. The average Bonchev–Trinajstić information content (AvgIpc) is 2.34. The molecule has 0 amide bonds. The van der Waals surface area contributed by atoms with E-state index in [2.05, 4.69) is 33.3 Å². The molecule has 1 aromatic carbocycles. The van der Waals surface area contributed by atoms with Gasteiger partial charge in [0.2, 0.25) is 0 Å². The molecule has 1 aliphatic rings. The smallest absolute Gasteiger partial charge is 0.124 e. The van der Waals surface area contributed by atoms with Gasteiger partial charge in [0.1, 0.15) is 5.82 Å². The normalized spacial score (nSPS) is 22.4. The summed E-state index contributed by atoms with van der Waals surface area (Å²) in [6.07, 6.45) is 0.650. The molecule has 0 bridgehead atoms. The molecule has 0 aliphatic carbocycles. The molecule has 6 heteroatoms. The summed E-state index contributed by atoms with van der Waals surface area (Å²) in [6, 6.07) is 4.84. The highest BCUT2D eigenvalue weighted by Gasteiger charge is 2.26. The third-order valence-corrected chi connectivity index (χ3v) is 3.80. The molecule has 2 unspecified atom stereocenters. The van der Waals surface area contributed by atoms with E-state index >= 15 is 0 Å². The second-order valence-corrected chi connectivity index (χ2v) is 5.84. The predicted molar refractivity (Wildman–Crippen MR) is 76.2 cm³/mol. The van der Waals surface area contributed by atoms with Crippen molar-refractivity contribution in [3.05, 3.63) is 34.1 Å². The molecule has 0 aromatic heterocycles. The Labute approximate surface area is 121 Å². The van der Waals surface area contributed by atoms with Gasteiger partial charge in [-0.25, -0.2) is 4.39 Å². The van der Waals surface area contributed by atoms with E-state index in [9.17, 15) is 4.39 Å². The number of nitrogens with one attached hydrogen (secondary N) is 1. The quantitative estimate of drug-likeness (QED) is 0.645. The van der Waals surface area contributed by atoms with Crippen molar-refractivity contribution in [2.24, 2.45) is 5.84 Å². The van der Waals surface area contributed by atoms with E-state index in [1.165, 1.54) is 12.1 Å². The predicted octanol–water partition coefficient (Wildman–Crippen LogP) is 1.29. The zero-order valence-electron chi connectivity index (χ0n) is 10.9. The first-order chi connectivity index (χ1) is 9.08. The van der Waals surface area contributed by atoms with Gasteiger partial charge < -0.3 is 9.64 Å². The molecule has 19 heavy (non-hydrogen) atoms. The lowest BCUT2D eigenvalue weighted by Gasteiger charge is -2.35. The minimum atomic E-state index is -0.248. The van der Waals surface area contributed by atoms with Gasteiger partial charge in [0.15, 0.2) is 0 Å². The summed E-state index contributed by atoms with van der Waals surface area (Å²) in [5.74, 6) is 5.37. The summed E-state index contributed by atoms with van der Waals surface area (Å²) in [5.41, 5.74) is 3.69. The van der Waals surface area contributed by atoms with E-state index < -0.39 is 0 Å². The largest absolute Gasteiger partial charge is 0.374 e. The van der Waals surface area contributed by atoms with E-state index in [1.807, 2.05) is 6.07 Å². The summed E-state index contributed by atoms with van der Waals surface area (Å²) in [7, 11) is 2.06. The van der Waals surface area contributed by atoms with Crippen LogP contribution < -0.4 is 11.3 Å². The number of rotatable bonds is 4. The highest BCUT2D eigenvalue weighted by atomic mass is 79.9. The minimum Gasteiger partial charge on any atom is -0.374 e. The van der Waals surface area contributed by atoms with Crippen molar-refractivity contribution in [3.8, 4) is 0 Å². The van der Waals surface area contributed by atoms with Gasteiger partial charge in [0.25, 0.3) is 0 Å². The standard InChI is InChI=1S/C13H19BrFN3O/c1-18-2-3-19-13(8-18)12(17-16)6-9-4-10(14)7-11(15)5-9/h4-5,7,12-13,17H,2-3,6,8,16H2,1H3. The fourth-order valence-electron chi connectivity index (χ4n) is 2.33. The molecule has 0 spiro atoms. The van der Waals surface area contributed by atoms with Crippen LogP contribution >= 0.6 is 15.9 Å². The van der Waals surface area contributed by atoms with Crippen molar-refractivity contribution < 1.29 is 9.13 Å². The monoisotopic (exact) mass is 331 g/mol. The van der Waals surface area contributed by atoms with E-state index in [-0.39, 0.29) is 18.0 Å². The van der Waals surface area contributed by atoms with Crippen molar-refractivity contribution in [1.82, 2.24) is 10.3 Å². The van der Waals surface area contributed by atoms with Crippen molar-refractivity contribution in [3.63, 3.8) is 0 Å². The number of nitrogens with zero attached hydrogens (tertiary/aromatic N) is 1. The summed E-state index contributed by atoms with van der Waals surface area (Å²) < 4.78 is 19.8. The summed E-state index contributed by atoms with van der Waals surface area (Å²) in [5, 5.41) is 0. The molecule has 1 aliphatic heterocycles. The average molecular weight is 332 g/mol. The van der Waals surface area contributed by atoms with Crippen LogP contribution in [0.5, 0.6) is 0 Å². The Hall–Kier alpha value is -0.530. The van der Waals surface area contributed by atoms with Gasteiger partial charge >= 0.3 is 0 Å². The molecule has 0 saturated carbocycles. The van der Waals surface area contributed by atoms with E-state index in [0.717, 1.165) is 23.1 Å². The molecular formula is C13H19BrFN3O. The fraction of sp³-hybridized carbons (Fsp3) is 0.538. The maximum absolute atomic E-state index is 13.4. The van der Waals surface area contributed by atoms with E-state index in [0.29, 0.717) is 13.0 Å². The summed E-state index contributed by atoms with van der Waals surface area (Å²) in [6.45, 7) is 2.46. The molecular weight excluding hydrogens is 313 g/mol. The number of hydrogen-bond donors (Lipinski definition) is 2. The first-order valence-electron chi connectivity index (χ1n) is 6.29. The molecule has 1 heterocycles. The van der Waals surface area contributed by atoms with Gasteiger partial charge in [-0.2, -0.15) is 0 Å². The number of likely N-dealkylation sites (N-methyl/N-ethyl adjacent to an activating group) is 1. The van der Waals surface area contributed by atoms with Gasteiger partial charge in [0.05, 0.1) is 18.8 Å². The van der Waals surface area contributed by atoms with Crippen LogP contribution in [0.15, 0.2) is 22.7 Å². The number of hydrazine groups is 1. The summed E-state index contributed by atoms with van der Waals surface area (Å²) in [4.78, 5) is 2.21. The highest BCUT2D eigenvalue weighted by molar-refractivity contribution is 9.10. The lowest BCUT2D eigenvalue weighted by molar-refractivity contribution is -0.0384.